The van der Waals surface area contributed by atoms with Gasteiger partial charge in [-0.2, -0.15) is 0 Å². The van der Waals surface area contributed by atoms with Gasteiger partial charge in [-0.05, 0) is 35.5 Å². The third-order valence-corrected chi connectivity index (χ3v) is 4.58. The second-order valence-electron chi connectivity index (χ2n) is 4.30. The molecule has 0 bridgehead atoms. The number of phenols is 1. The van der Waals surface area contributed by atoms with E-state index in [0.29, 0.717) is 21.3 Å². The molecule has 0 atom stereocenters. The number of methoxy groups -OCH3 is 1. The van der Waals surface area contributed by atoms with Crippen LogP contribution in [0.15, 0.2) is 34.7 Å². The summed E-state index contributed by atoms with van der Waals surface area (Å²) in [5, 5.41) is 19.9. The molecule has 0 spiro atoms. The lowest BCUT2D eigenvalue weighted by Crippen LogP contribution is -2.27. The van der Waals surface area contributed by atoms with Crippen molar-refractivity contribution in [3.63, 3.8) is 0 Å². The molecule has 112 valence electrons. The summed E-state index contributed by atoms with van der Waals surface area (Å²) in [6.07, 6.45) is 3.26. The number of thiazole rings is 1. The first-order chi connectivity index (χ1) is 10.6. The molecule has 22 heavy (non-hydrogen) atoms. The number of amides is 1. The smallest absolute Gasteiger partial charge is 0.273 e. The Bertz CT molecular complexity index is 772. The van der Waals surface area contributed by atoms with E-state index >= 15 is 0 Å². The molecular formula is C14H11N3O3S2. The van der Waals surface area contributed by atoms with Crippen molar-refractivity contribution in [2.45, 2.75) is 0 Å². The second-order valence-corrected chi connectivity index (χ2v) is 6.21. The predicted molar refractivity (Wildman–Crippen MR) is 87.6 cm³/mol. The number of nitrogens with one attached hydrogen (secondary N) is 1. The summed E-state index contributed by atoms with van der Waals surface area (Å²) < 4.78 is 5.05. The fraction of sp³-hybridized carbons (Fsp3) is 0.0714. The lowest BCUT2D eigenvalue weighted by atomic mass is 10.2. The maximum atomic E-state index is 12.4. The summed E-state index contributed by atoms with van der Waals surface area (Å²) in [4.78, 5) is 18.2. The summed E-state index contributed by atoms with van der Waals surface area (Å²) >= 11 is 2.38. The Kier molecular flexibility index (Phi) is 3.86. The molecule has 8 heteroatoms. The van der Waals surface area contributed by atoms with Gasteiger partial charge < -0.3 is 9.84 Å². The molecule has 2 heterocycles. The highest BCUT2D eigenvalue weighted by Crippen LogP contribution is 2.36. The zero-order valence-electron chi connectivity index (χ0n) is 11.4. The van der Waals surface area contributed by atoms with Crippen molar-refractivity contribution in [3.05, 3.63) is 40.2 Å². The maximum Gasteiger partial charge on any atom is 0.273 e. The van der Waals surface area contributed by atoms with Crippen molar-refractivity contribution >= 4 is 45.4 Å². The van der Waals surface area contributed by atoms with E-state index in [4.69, 9.17) is 10.1 Å². The van der Waals surface area contributed by atoms with Gasteiger partial charge in [0.15, 0.2) is 21.8 Å². The first kappa shape index (κ1) is 14.6. The first-order valence-corrected chi connectivity index (χ1v) is 7.89. The largest absolute Gasteiger partial charge is 0.504 e. The average Bonchev–Trinajstić information content (AvgIpc) is 3.10. The molecule has 0 aliphatic carbocycles. The van der Waals surface area contributed by atoms with Crippen LogP contribution in [0, 0.1) is 5.41 Å². The van der Waals surface area contributed by atoms with Gasteiger partial charge in [-0.15, -0.1) is 11.3 Å². The predicted octanol–water partition coefficient (Wildman–Crippen LogP) is 2.91. The molecule has 1 aliphatic rings. The Balaban J connectivity index is 1.93. The summed E-state index contributed by atoms with van der Waals surface area (Å²) in [7, 11) is 1.46. The molecule has 3 rings (SSSR count). The Morgan fingerprint density at radius 2 is 2.27 bits per heavy atom. The van der Waals surface area contributed by atoms with Crippen molar-refractivity contribution in [2.24, 2.45) is 0 Å². The van der Waals surface area contributed by atoms with Gasteiger partial charge in [-0.3, -0.25) is 10.2 Å². The summed E-state index contributed by atoms with van der Waals surface area (Å²) in [5.74, 6) is 0.0841. The van der Waals surface area contributed by atoms with Gasteiger partial charge in [-0.25, -0.2) is 9.88 Å². The molecular weight excluding hydrogens is 322 g/mol. The average molecular weight is 333 g/mol. The Hall–Kier alpha value is -2.32. The van der Waals surface area contributed by atoms with Crippen molar-refractivity contribution in [1.82, 2.24) is 4.98 Å². The SMILES string of the molecule is COc1cc(C=C2SC(=N)N(c3nccs3)C2=O)ccc1O. The number of anilines is 1. The fourth-order valence-corrected chi connectivity index (χ4v) is 3.47. The van der Waals surface area contributed by atoms with E-state index in [1.165, 1.54) is 29.4 Å². The standard InChI is InChI=1S/C14H11N3O3S2/c1-20-10-6-8(2-3-9(10)18)7-11-12(19)17(13(15)22-11)14-16-4-5-21-14/h2-7,15,18H,1H3. The molecule has 0 radical (unpaired) electrons. The summed E-state index contributed by atoms with van der Waals surface area (Å²) in [6, 6.07) is 4.81. The topological polar surface area (TPSA) is 86.5 Å². The van der Waals surface area contributed by atoms with Crippen LogP contribution < -0.4 is 9.64 Å². The number of aromatic hydroxyl groups is 1. The number of carbonyl (C=O) groups is 1. The number of benzene rings is 1. The molecule has 1 aromatic heterocycles. The van der Waals surface area contributed by atoms with Gasteiger partial charge in [0.2, 0.25) is 0 Å². The van der Waals surface area contributed by atoms with Gasteiger partial charge in [-0.1, -0.05) is 6.07 Å². The van der Waals surface area contributed by atoms with E-state index in [0.717, 1.165) is 11.8 Å². The van der Waals surface area contributed by atoms with Crippen LogP contribution in [0.2, 0.25) is 0 Å². The first-order valence-electron chi connectivity index (χ1n) is 6.19. The third kappa shape index (κ3) is 2.58. The number of hydrogen-bond acceptors (Lipinski definition) is 7. The Labute approximate surface area is 134 Å². The molecule has 0 unspecified atom stereocenters. The number of ether oxygens (including phenoxy) is 1. The van der Waals surface area contributed by atoms with Gasteiger partial charge >= 0.3 is 0 Å². The molecule has 1 amide bonds. The number of thioether (sulfide) groups is 1. The van der Waals surface area contributed by atoms with Crippen molar-refractivity contribution in [3.8, 4) is 11.5 Å². The Morgan fingerprint density at radius 1 is 1.45 bits per heavy atom. The summed E-state index contributed by atoms with van der Waals surface area (Å²) in [5.41, 5.74) is 0.708. The zero-order valence-corrected chi connectivity index (χ0v) is 13.1. The summed E-state index contributed by atoms with van der Waals surface area (Å²) in [6.45, 7) is 0. The van der Waals surface area contributed by atoms with Gasteiger partial charge in [0.25, 0.3) is 5.91 Å². The van der Waals surface area contributed by atoms with Crippen LogP contribution in [0.25, 0.3) is 6.08 Å². The minimum Gasteiger partial charge on any atom is -0.504 e. The normalized spacial score (nSPS) is 16.6. The maximum absolute atomic E-state index is 12.4. The van der Waals surface area contributed by atoms with E-state index in [1.807, 2.05) is 0 Å². The van der Waals surface area contributed by atoms with E-state index in [9.17, 15) is 9.90 Å². The number of amidine groups is 1. The molecule has 1 aliphatic heterocycles. The van der Waals surface area contributed by atoms with E-state index in [-0.39, 0.29) is 16.8 Å². The van der Waals surface area contributed by atoms with Crippen molar-refractivity contribution in [2.75, 3.05) is 12.0 Å². The van der Waals surface area contributed by atoms with Crippen LogP contribution in [0.4, 0.5) is 5.13 Å². The molecule has 1 aromatic carbocycles. The van der Waals surface area contributed by atoms with Crippen molar-refractivity contribution < 1.29 is 14.6 Å². The van der Waals surface area contributed by atoms with E-state index in [1.54, 1.807) is 29.8 Å². The van der Waals surface area contributed by atoms with E-state index in [2.05, 4.69) is 4.98 Å². The van der Waals surface area contributed by atoms with Crippen LogP contribution in [0.3, 0.4) is 0 Å². The van der Waals surface area contributed by atoms with E-state index < -0.39 is 0 Å². The number of rotatable bonds is 3. The molecule has 1 fully saturated rings. The Morgan fingerprint density at radius 3 is 2.95 bits per heavy atom. The number of nitrogens with zero attached hydrogens (tertiary/aromatic N) is 2. The highest BCUT2D eigenvalue weighted by molar-refractivity contribution is 8.19. The lowest BCUT2D eigenvalue weighted by Gasteiger charge is -2.09. The molecule has 6 nitrogen and oxygen atoms in total. The monoisotopic (exact) mass is 333 g/mol. The molecule has 2 aromatic rings. The molecule has 2 N–H and O–H groups in total. The molecule has 1 saturated heterocycles. The minimum atomic E-state index is -0.281. The van der Waals surface area contributed by atoms with Gasteiger partial charge in [0.05, 0.1) is 12.0 Å². The fourth-order valence-electron chi connectivity index (χ4n) is 1.92. The van der Waals surface area contributed by atoms with Gasteiger partial charge in [0, 0.05) is 11.6 Å². The molecule has 0 saturated carbocycles. The number of aromatic nitrogens is 1. The van der Waals surface area contributed by atoms with Crippen molar-refractivity contribution in [1.29, 1.82) is 5.41 Å². The van der Waals surface area contributed by atoms with Crippen LogP contribution in [-0.4, -0.2) is 28.3 Å². The van der Waals surface area contributed by atoms with Crippen LogP contribution in [0.1, 0.15) is 5.56 Å². The second kappa shape index (κ2) is 5.82. The number of hydrogen-bond donors (Lipinski definition) is 2. The van der Waals surface area contributed by atoms with Crippen LogP contribution in [0.5, 0.6) is 11.5 Å². The van der Waals surface area contributed by atoms with Crippen LogP contribution in [-0.2, 0) is 4.79 Å². The van der Waals surface area contributed by atoms with Gasteiger partial charge in [0.1, 0.15) is 0 Å². The highest BCUT2D eigenvalue weighted by Gasteiger charge is 2.34. The number of carbonyl (C=O) groups excluding carboxylic acids is 1. The van der Waals surface area contributed by atoms with Crippen LogP contribution >= 0.6 is 23.1 Å². The minimum absolute atomic E-state index is 0.0345. The highest BCUT2D eigenvalue weighted by atomic mass is 32.2. The third-order valence-electron chi connectivity index (χ3n) is 2.94. The number of phenolic OH excluding ortho intramolecular Hbond substituents is 1. The quantitative estimate of drug-likeness (QED) is 0.844. The lowest BCUT2D eigenvalue weighted by molar-refractivity contribution is -0.113. The zero-order chi connectivity index (χ0) is 15.7.